The van der Waals surface area contributed by atoms with E-state index in [9.17, 15) is 14.7 Å². The lowest BCUT2D eigenvalue weighted by Crippen LogP contribution is -2.47. The van der Waals surface area contributed by atoms with Crippen LogP contribution in [-0.4, -0.2) is 34.1 Å². The number of nitrogens with zero attached hydrogens (tertiary/aromatic N) is 1. The highest BCUT2D eigenvalue weighted by Gasteiger charge is 2.26. The first kappa shape index (κ1) is 17.0. The van der Waals surface area contributed by atoms with Crippen LogP contribution in [0.3, 0.4) is 0 Å². The minimum absolute atomic E-state index is 0.0753. The third-order valence-corrected chi connectivity index (χ3v) is 3.15. The molecule has 1 aromatic rings. The van der Waals surface area contributed by atoms with E-state index in [1.54, 1.807) is 17.0 Å². The quantitative estimate of drug-likeness (QED) is 0.830. The lowest BCUT2D eigenvalue weighted by Gasteiger charge is -2.35. The molecular weight excluding hydrogens is 292 g/mol. The summed E-state index contributed by atoms with van der Waals surface area (Å²) in [6, 6.07) is 4.14. The summed E-state index contributed by atoms with van der Waals surface area (Å²) in [7, 11) is 0. The van der Waals surface area contributed by atoms with Gasteiger partial charge >= 0.3 is 12.0 Å². The average molecular weight is 311 g/mol. The Bertz CT molecular complexity index is 565. The monoisotopic (exact) mass is 310 g/mol. The molecule has 1 aromatic carbocycles. The summed E-state index contributed by atoms with van der Waals surface area (Å²) in [4.78, 5) is 25.2. The van der Waals surface area contributed by atoms with Crippen molar-refractivity contribution in [3.05, 3.63) is 41.4 Å². The zero-order chi connectivity index (χ0) is 16.2. The SMILES string of the molecule is C=CCN(C(=O)Nc1cccc(Cl)c1C(=O)O)C(C)(C)C. The van der Waals surface area contributed by atoms with Gasteiger partial charge in [-0.3, -0.25) is 0 Å². The second kappa shape index (κ2) is 6.63. The molecule has 0 fully saturated rings. The Labute approximate surface area is 129 Å². The topological polar surface area (TPSA) is 69.6 Å². The molecule has 0 aliphatic carbocycles. The van der Waals surface area contributed by atoms with Crippen molar-refractivity contribution in [2.24, 2.45) is 0 Å². The molecule has 0 aliphatic rings. The number of carbonyl (C=O) groups is 2. The van der Waals surface area contributed by atoms with E-state index < -0.39 is 17.5 Å². The fourth-order valence-electron chi connectivity index (χ4n) is 1.82. The number of carboxylic acid groups (broad SMARTS) is 1. The van der Waals surface area contributed by atoms with Crippen molar-refractivity contribution in [2.75, 3.05) is 11.9 Å². The van der Waals surface area contributed by atoms with E-state index in [-0.39, 0.29) is 16.3 Å². The number of anilines is 1. The molecular formula is C15H19ClN2O3. The van der Waals surface area contributed by atoms with Gasteiger partial charge in [0, 0.05) is 12.1 Å². The number of aromatic carboxylic acids is 1. The van der Waals surface area contributed by atoms with E-state index in [1.165, 1.54) is 12.1 Å². The molecule has 0 unspecified atom stereocenters. The van der Waals surface area contributed by atoms with Crippen LogP contribution in [0.15, 0.2) is 30.9 Å². The number of halogens is 1. The lowest BCUT2D eigenvalue weighted by molar-refractivity contribution is 0.0698. The van der Waals surface area contributed by atoms with Crippen LogP contribution in [0.25, 0.3) is 0 Å². The molecule has 0 atom stereocenters. The number of hydrogen-bond acceptors (Lipinski definition) is 2. The number of carbonyl (C=O) groups excluding carboxylic acids is 1. The smallest absolute Gasteiger partial charge is 0.339 e. The number of amides is 2. The highest BCUT2D eigenvalue weighted by Crippen LogP contribution is 2.25. The van der Waals surface area contributed by atoms with Crippen molar-refractivity contribution >= 4 is 29.3 Å². The first-order valence-corrected chi connectivity index (χ1v) is 6.77. The van der Waals surface area contributed by atoms with Crippen molar-refractivity contribution in [3.63, 3.8) is 0 Å². The number of hydrogen-bond donors (Lipinski definition) is 2. The van der Waals surface area contributed by atoms with E-state index in [4.69, 9.17) is 11.6 Å². The van der Waals surface area contributed by atoms with E-state index in [2.05, 4.69) is 11.9 Å². The molecule has 0 saturated carbocycles. The molecule has 0 heterocycles. The van der Waals surface area contributed by atoms with E-state index in [0.29, 0.717) is 6.54 Å². The zero-order valence-corrected chi connectivity index (χ0v) is 13.1. The predicted octanol–water partition coefficient (Wildman–Crippen LogP) is 3.86. The van der Waals surface area contributed by atoms with Gasteiger partial charge in [0.2, 0.25) is 0 Å². The molecule has 0 spiro atoms. The van der Waals surface area contributed by atoms with Gasteiger partial charge in [-0.2, -0.15) is 0 Å². The fraction of sp³-hybridized carbons (Fsp3) is 0.333. The lowest BCUT2D eigenvalue weighted by atomic mass is 10.1. The number of nitrogens with one attached hydrogen (secondary N) is 1. The van der Waals surface area contributed by atoms with Gasteiger partial charge < -0.3 is 15.3 Å². The summed E-state index contributed by atoms with van der Waals surface area (Å²) < 4.78 is 0. The second-order valence-corrected chi connectivity index (χ2v) is 5.88. The maximum atomic E-state index is 12.4. The summed E-state index contributed by atoms with van der Waals surface area (Å²) in [5, 5.41) is 11.9. The van der Waals surface area contributed by atoms with Crippen LogP contribution in [0.2, 0.25) is 5.02 Å². The molecule has 0 radical (unpaired) electrons. The van der Waals surface area contributed by atoms with Crippen molar-refractivity contribution in [2.45, 2.75) is 26.3 Å². The van der Waals surface area contributed by atoms with Crippen molar-refractivity contribution in [1.29, 1.82) is 0 Å². The molecule has 21 heavy (non-hydrogen) atoms. The predicted molar refractivity (Wildman–Crippen MR) is 84.1 cm³/mol. The van der Waals surface area contributed by atoms with Crippen molar-refractivity contribution in [3.8, 4) is 0 Å². The Morgan fingerprint density at radius 2 is 2.05 bits per heavy atom. The molecule has 114 valence electrons. The molecule has 0 bridgehead atoms. The van der Waals surface area contributed by atoms with Gasteiger partial charge in [-0.1, -0.05) is 23.7 Å². The maximum Gasteiger partial charge on any atom is 0.339 e. The van der Waals surface area contributed by atoms with Gasteiger partial charge in [-0.05, 0) is 32.9 Å². The molecule has 0 aromatic heterocycles. The number of urea groups is 1. The highest BCUT2D eigenvalue weighted by molar-refractivity contribution is 6.34. The summed E-state index contributed by atoms with van der Waals surface area (Å²) in [5.41, 5.74) is -0.390. The standard InChI is InChI=1S/C15H19ClN2O3/c1-5-9-18(15(2,3)4)14(21)17-11-8-6-7-10(16)12(11)13(19)20/h5-8H,1,9H2,2-4H3,(H,17,21)(H,19,20). The molecule has 0 saturated heterocycles. The van der Waals surface area contributed by atoms with Crippen molar-refractivity contribution < 1.29 is 14.7 Å². The molecule has 1 rings (SSSR count). The van der Waals surface area contributed by atoms with E-state index >= 15 is 0 Å². The minimum Gasteiger partial charge on any atom is -0.478 e. The minimum atomic E-state index is -1.19. The van der Waals surface area contributed by atoms with Crippen LogP contribution < -0.4 is 5.32 Å². The summed E-state index contributed by atoms with van der Waals surface area (Å²) in [6.07, 6.45) is 1.61. The van der Waals surface area contributed by atoms with E-state index in [1.807, 2.05) is 20.8 Å². The average Bonchev–Trinajstić information content (AvgIpc) is 2.33. The van der Waals surface area contributed by atoms with Gasteiger partial charge in [0.05, 0.1) is 10.7 Å². The zero-order valence-electron chi connectivity index (χ0n) is 12.3. The normalized spacial score (nSPS) is 10.9. The maximum absolute atomic E-state index is 12.4. The summed E-state index contributed by atoms with van der Waals surface area (Å²) in [6.45, 7) is 9.62. The number of rotatable bonds is 4. The second-order valence-electron chi connectivity index (χ2n) is 5.47. The Kier molecular flexibility index (Phi) is 5.38. The van der Waals surface area contributed by atoms with Gasteiger partial charge in [-0.25, -0.2) is 9.59 Å². The Morgan fingerprint density at radius 1 is 1.43 bits per heavy atom. The summed E-state index contributed by atoms with van der Waals surface area (Å²) >= 11 is 5.88. The Hall–Kier alpha value is -2.01. The third kappa shape index (κ3) is 4.23. The Balaban J connectivity index is 3.10. The van der Waals surface area contributed by atoms with Crippen LogP contribution in [0.5, 0.6) is 0 Å². The van der Waals surface area contributed by atoms with Gasteiger partial charge in [0.25, 0.3) is 0 Å². The summed E-state index contributed by atoms with van der Waals surface area (Å²) in [5.74, 6) is -1.19. The van der Waals surface area contributed by atoms with Crippen LogP contribution >= 0.6 is 11.6 Å². The van der Waals surface area contributed by atoms with Crippen LogP contribution in [0.1, 0.15) is 31.1 Å². The molecule has 6 heteroatoms. The van der Waals surface area contributed by atoms with Gasteiger partial charge in [0.15, 0.2) is 0 Å². The molecule has 5 nitrogen and oxygen atoms in total. The van der Waals surface area contributed by atoms with E-state index in [0.717, 1.165) is 0 Å². The van der Waals surface area contributed by atoms with Gasteiger partial charge in [-0.15, -0.1) is 6.58 Å². The fourth-order valence-corrected chi connectivity index (χ4v) is 2.07. The molecule has 0 aliphatic heterocycles. The molecule has 2 amide bonds. The van der Waals surface area contributed by atoms with Crippen LogP contribution in [0, 0.1) is 0 Å². The Morgan fingerprint density at radius 3 is 2.52 bits per heavy atom. The first-order chi connectivity index (χ1) is 9.68. The van der Waals surface area contributed by atoms with Crippen molar-refractivity contribution in [1.82, 2.24) is 4.90 Å². The number of carboxylic acids is 1. The van der Waals surface area contributed by atoms with Crippen LogP contribution in [-0.2, 0) is 0 Å². The number of benzene rings is 1. The third-order valence-electron chi connectivity index (χ3n) is 2.84. The largest absolute Gasteiger partial charge is 0.478 e. The van der Waals surface area contributed by atoms with Crippen LogP contribution in [0.4, 0.5) is 10.5 Å². The molecule has 2 N–H and O–H groups in total. The van der Waals surface area contributed by atoms with Gasteiger partial charge in [0.1, 0.15) is 5.56 Å². The highest BCUT2D eigenvalue weighted by atomic mass is 35.5. The first-order valence-electron chi connectivity index (χ1n) is 6.39.